The summed E-state index contributed by atoms with van der Waals surface area (Å²) in [4.78, 5) is 0. The highest BCUT2D eigenvalue weighted by Gasteiger charge is 2.02. The zero-order chi connectivity index (χ0) is 10.4. The fraction of sp³-hybridized carbons (Fsp3) is 0.455. The van der Waals surface area contributed by atoms with Crippen molar-refractivity contribution in [3.8, 4) is 5.75 Å². The van der Waals surface area contributed by atoms with Crippen molar-refractivity contribution in [1.29, 1.82) is 0 Å². The first-order valence-corrected chi connectivity index (χ1v) is 5.67. The molecule has 1 aromatic carbocycles. The molecule has 4 heteroatoms. The highest BCUT2D eigenvalue weighted by Crippen LogP contribution is 2.22. The molecule has 0 radical (unpaired) electrons. The first-order valence-electron chi connectivity index (χ1n) is 4.59. The number of methoxy groups -OCH3 is 2. The average molecular weight is 332 g/mol. The number of halogens is 1. The molecule has 2 nitrogen and oxygen atoms in total. The number of benzene rings is 1. The van der Waals surface area contributed by atoms with Crippen molar-refractivity contribution < 1.29 is 9.47 Å². The molecule has 0 aliphatic carbocycles. The maximum Gasteiger partial charge on any atom is 0.316 e. The third-order valence-electron chi connectivity index (χ3n) is 2.04. The highest BCUT2D eigenvalue weighted by atomic mass is 127. The van der Waals surface area contributed by atoms with Gasteiger partial charge in [-0.2, -0.15) is 0 Å². The van der Waals surface area contributed by atoms with E-state index in [1.807, 2.05) is 6.07 Å². The summed E-state index contributed by atoms with van der Waals surface area (Å²) in [5.74, 6) is 0.974. The van der Waals surface area contributed by atoms with Crippen molar-refractivity contribution >= 4 is 45.6 Å². The van der Waals surface area contributed by atoms with Gasteiger partial charge in [0.15, 0.2) is 0 Å². The highest BCUT2D eigenvalue weighted by molar-refractivity contribution is 14.1. The second-order valence-electron chi connectivity index (χ2n) is 3.05. The summed E-state index contributed by atoms with van der Waals surface area (Å²) in [5.41, 5.74) is 1.26. The minimum absolute atomic E-state index is 0. The van der Waals surface area contributed by atoms with Gasteiger partial charge in [-0.25, -0.2) is 0 Å². The Labute approximate surface area is 121 Å². The molecule has 15 heavy (non-hydrogen) atoms. The number of hydrogen-bond acceptors (Lipinski definition) is 2. The Hall–Kier alpha value is 0.476. The number of hydrogen-bond donors (Lipinski definition) is 0. The molecule has 0 atom stereocenters. The molecule has 0 N–H and O–H groups in total. The molecule has 0 aliphatic heterocycles. The molecule has 82 valence electrons. The van der Waals surface area contributed by atoms with Crippen LogP contribution in [-0.2, 0) is 11.2 Å². The van der Waals surface area contributed by atoms with Gasteiger partial charge in [-0.15, -0.1) is 0 Å². The van der Waals surface area contributed by atoms with Crippen LogP contribution < -0.4 is 4.74 Å². The molecule has 0 saturated heterocycles. The normalized spacial score (nSPS) is 9.53. The maximum atomic E-state index is 5.29. The van der Waals surface area contributed by atoms with E-state index in [4.69, 9.17) is 9.47 Å². The van der Waals surface area contributed by atoms with Crippen LogP contribution in [0.2, 0.25) is 0 Å². The molecule has 0 spiro atoms. The zero-order valence-electron chi connectivity index (χ0n) is 8.55. The first kappa shape index (κ1) is 15.5. The van der Waals surface area contributed by atoms with Crippen molar-refractivity contribution in [2.24, 2.45) is 0 Å². The Balaban J connectivity index is 0.00000196. The molecule has 0 fully saturated rings. The van der Waals surface area contributed by atoms with Crippen molar-refractivity contribution in [2.45, 2.75) is 12.8 Å². The Morgan fingerprint density at radius 3 is 2.60 bits per heavy atom. The van der Waals surface area contributed by atoms with Crippen molar-refractivity contribution in [1.82, 2.24) is 0 Å². The van der Waals surface area contributed by atoms with E-state index in [-0.39, 0.29) is 23.1 Å². The molecule has 0 bridgehead atoms. The van der Waals surface area contributed by atoms with Gasteiger partial charge < -0.3 is 9.47 Å². The van der Waals surface area contributed by atoms with E-state index in [1.165, 1.54) is 9.13 Å². The number of aryl methyl sites for hydroxylation is 1. The summed E-state index contributed by atoms with van der Waals surface area (Å²) in [6.07, 6.45) is 2.04. The molecule has 0 heterocycles. The predicted octanol–water partition coefficient (Wildman–Crippen LogP) is 1.96. The largest absolute Gasteiger partial charge is 0.496 e. The van der Waals surface area contributed by atoms with Gasteiger partial charge in [-0.3, -0.25) is 0 Å². The van der Waals surface area contributed by atoms with Gasteiger partial charge in [-0.1, -0.05) is 0 Å². The van der Waals surface area contributed by atoms with Crippen LogP contribution in [0.1, 0.15) is 12.0 Å². The van der Waals surface area contributed by atoms with Crippen molar-refractivity contribution in [2.75, 3.05) is 20.8 Å². The molecule has 0 amide bonds. The van der Waals surface area contributed by atoms with E-state index in [9.17, 15) is 0 Å². The Morgan fingerprint density at radius 1 is 1.27 bits per heavy atom. The lowest BCUT2D eigenvalue weighted by molar-refractivity contribution is 0.195. The second-order valence-corrected chi connectivity index (χ2v) is 4.30. The van der Waals surface area contributed by atoms with Gasteiger partial charge in [-0.05, 0) is 59.2 Å². The Bertz CT molecular complexity index is 292. The van der Waals surface area contributed by atoms with Crippen LogP contribution in [0.25, 0.3) is 0 Å². The summed E-state index contributed by atoms with van der Waals surface area (Å²) >= 11 is 2.31. The van der Waals surface area contributed by atoms with E-state index in [0.717, 1.165) is 25.2 Å². The van der Waals surface area contributed by atoms with Crippen LogP contribution in [-0.4, -0.2) is 43.9 Å². The lowest BCUT2D eigenvalue weighted by Gasteiger charge is -2.08. The van der Waals surface area contributed by atoms with Crippen molar-refractivity contribution in [3.05, 3.63) is 27.3 Å². The summed E-state index contributed by atoms with van der Waals surface area (Å²) < 4.78 is 11.6. The Morgan fingerprint density at radius 2 is 2.00 bits per heavy atom. The van der Waals surface area contributed by atoms with E-state index < -0.39 is 0 Å². The third-order valence-corrected chi connectivity index (χ3v) is 2.71. The third kappa shape index (κ3) is 5.37. The van der Waals surface area contributed by atoms with Gasteiger partial charge in [0.25, 0.3) is 0 Å². The molecule has 0 unspecified atom stereocenters. The summed E-state index contributed by atoms with van der Waals surface area (Å²) in [5, 5.41) is 0. The van der Waals surface area contributed by atoms with Crippen molar-refractivity contribution in [3.63, 3.8) is 0 Å². The topological polar surface area (TPSA) is 18.5 Å². The minimum Gasteiger partial charge on any atom is -0.496 e. The molecule has 1 rings (SSSR count). The van der Waals surface area contributed by atoms with Crippen LogP contribution >= 0.6 is 22.6 Å². The van der Waals surface area contributed by atoms with Gasteiger partial charge in [0.1, 0.15) is 5.75 Å². The molecule has 1 aromatic rings. The number of ether oxygens (including phenoxy) is 2. The predicted molar refractivity (Wildman–Crippen MR) is 74.5 cm³/mol. The van der Waals surface area contributed by atoms with Gasteiger partial charge in [0.05, 0.1) is 7.11 Å². The fourth-order valence-corrected chi connectivity index (χ4v) is 1.91. The van der Waals surface area contributed by atoms with E-state index in [2.05, 4.69) is 34.7 Å². The summed E-state index contributed by atoms with van der Waals surface area (Å²) in [7, 11) is 3.44. The molecular formula is C11H17IMgO2. The SMILES string of the molecule is COCCCc1cc(I)ccc1OC.[MgH2]. The molecule has 0 aliphatic rings. The van der Waals surface area contributed by atoms with E-state index in [1.54, 1.807) is 14.2 Å². The lowest BCUT2D eigenvalue weighted by atomic mass is 10.1. The summed E-state index contributed by atoms with van der Waals surface area (Å²) in [6, 6.07) is 6.23. The average Bonchev–Trinajstić information content (AvgIpc) is 2.19. The first-order chi connectivity index (χ1) is 6.77. The number of rotatable bonds is 5. The maximum absolute atomic E-state index is 5.29. The monoisotopic (exact) mass is 332 g/mol. The quantitative estimate of drug-likeness (QED) is 0.466. The van der Waals surface area contributed by atoms with Gasteiger partial charge >= 0.3 is 23.1 Å². The molecule has 0 saturated carbocycles. The van der Waals surface area contributed by atoms with Crippen LogP contribution in [0, 0.1) is 3.57 Å². The zero-order valence-corrected chi connectivity index (χ0v) is 10.7. The van der Waals surface area contributed by atoms with Gasteiger partial charge in [0.2, 0.25) is 0 Å². The standard InChI is InChI=1S/C11H15IO2.Mg.2H/c1-13-7-3-4-9-8-10(12)5-6-11(9)14-2;;;/h5-6,8H,3-4,7H2,1-2H3;;;. The van der Waals surface area contributed by atoms with Crippen LogP contribution in [0.5, 0.6) is 5.75 Å². The second kappa shape index (κ2) is 8.61. The molecular weight excluding hydrogens is 315 g/mol. The lowest BCUT2D eigenvalue weighted by Crippen LogP contribution is -1.96. The fourth-order valence-electron chi connectivity index (χ4n) is 1.35. The van der Waals surface area contributed by atoms with E-state index in [0.29, 0.717) is 0 Å². The van der Waals surface area contributed by atoms with Crippen LogP contribution in [0.4, 0.5) is 0 Å². The van der Waals surface area contributed by atoms with Crippen LogP contribution in [0.15, 0.2) is 18.2 Å². The molecule has 0 aromatic heterocycles. The smallest absolute Gasteiger partial charge is 0.316 e. The summed E-state index contributed by atoms with van der Waals surface area (Å²) in [6.45, 7) is 0.800. The minimum atomic E-state index is 0. The van der Waals surface area contributed by atoms with Crippen LogP contribution in [0.3, 0.4) is 0 Å². The Kier molecular flexibility index (Phi) is 8.88. The van der Waals surface area contributed by atoms with Gasteiger partial charge in [0, 0.05) is 17.3 Å². The van der Waals surface area contributed by atoms with E-state index >= 15 is 0 Å².